The van der Waals surface area contributed by atoms with E-state index >= 15 is 0 Å². The first-order chi connectivity index (χ1) is 9.73. The highest BCUT2D eigenvalue weighted by molar-refractivity contribution is 5.06. The van der Waals surface area contributed by atoms with Crippen LogP contribution in [0.5, 0.6) is 0 Å². The van der Waals surface area contributed by atoms with Crippen LogP contribution in [0, 0.1) is 0 Å². The summed E-state index contributed by atoms with van der Waals surface area (Å²) in [6.45, 7) is 4.42. The second kappa shape index (κ2) is 5.77. The van der Waals surface area contributed by atoms with E-state index in [0.29, 0.717) is 44.5 Å². The highest BCUT2D eigenvalue weighted by Crippen LogP contribution is 2.35. The Morgan fingerprint density at radius 1 is 1.45 bits per heavy atom. The number of aromatic nitrogens is 2. The van der Waals surface area contributed by atoms with E-state index in [1.54, 1.807) is 0 Å². The van der Waals surface area contributed by atoms with Crippen molar-refractivity contribution in [1.29, 1.82) is 0 Å². The summed E-state index contributed by atoms with van der Waals surface area (Å²) in [5, 5.41) is 16.8. The Kier molecular flexibility index (Phi) is 4.02. The van der Waals surface area contributed by atoms with E-state index in [2.05, 4.69) is 15.5 Å². The van der Waals surface area contributed by atoms with Gasteiger partial charge in [0.1, 0.15) is 5.60 Å². The molecule has 2 N–H and O–H groups in total. The molecule has 3 rings (SSSR count). The molecule has 1 aromatic heterocycles. The lowest BCUT2D eigenvalue weighted by atomic mass is 9.93. The minimum atomic E-state index is -0.494. The molecule has 2 saturated heterocycles. The Labute approximate surface area is 117 Å². The summed E-state index contributed by atoms with van der Waals surface area (Å²) >= 11 is 0. The average Bonchev–Trinajstić information content (AvgIpc) is 3.09. The third-order valence-electron chi connectivity index (χ3n) is 3.98. The van der Waals surface area contributed by atoms with Crippen molar-refractivity contribution in [2.24, 2.45) is 0 Å². The van der Waals surface area contributed by atoms with Gasteiger partial charge in [0.05, 0.1) is 12.1 Å². The van der Waals surface area contributed by atoms with Crippen LogP contribution in [0.3, 0.4) is 0 Å². The van der Waals surface area contributed by atoms with Gasteiger partial charge in [-0.3, -0.25) is 0 Å². The molecule has 3 heterocycles. The summed E-state index contributed by atoms with van der Waals surface area (Å²) in [6.07, 6.45) is 1.73. The quantitative estimate of drug-likeness (QED) is 0.832. The molecular weight excluding hydrogens is 262 g/mol. The summed E-state index contributed by atoms with van der Waals surface area (Å²) in [6, 6.07) is -0.0650. The largest absolute Gasteiger partial charge is 0.392 e. The van der Waals surface area contributed by atoms with Gasteiger partial charge in [0.25, 0.3) is 0 Å². The summed E-state index contributed by atoms with van der Waals surface area (Å²) in [5.74, 6) is 1.13. The maximum absolute atomic E-state index is 9.56. The zero-order valence-electron chi connectivity index (χ0n) is 11.7. The summed E-state index contributed by atoms with van der Waals surface area (Å²) in [4.78, 5) is 4.51. The number of aliphatic hydroxyl groups is 1. The topological polar surface area (TPSA) is 89.6 Å². The van der Waals surface area contributed by atoms with Gasteiger partial charge in [-0.05, 0) is 13.3 Å². The van der Waals surface area contributed by atoms with Crippen LogP contribution in [0.15, 0.2) is 4.52 Å². The molecule has 0 bridgehead atoms. The lowest BCUT2D eigenvalue weighted by Crippen LogP contribution is -2.37. The van der Waals surface area contributed by atoms with Crippen molar-refractivity contribution in [3.05, 3.63) is 11.7 Å². The fraction of sp³-hybridized carbons (Fsp3) is 0.846. The minimum Gasteiger partial charge on any atom is -0.392 e. The predicted octanol–water partition coefficient (Wildman–Crippen LogP) is 0.507. The molecular formula is C13H21N3O4. The van der Waals surface area contributed by atoms with Crippen LogP contribution < -0.4 is 5.32 Å². The summed E-state index contributed by atoms with van der Waals surface area (Å²) in [5.41, 5.74) is -0.494. The number of nitrogens with one attached hydrogen (secondary N) is 1. The van der Waals surface area contributed by atoms with Gasteiger partial charge < -0.3 is 24.4 Å². The van der Waals surface area contributed by atoms with Crippen molar-refractivity contribution in [3.63, 3.8) is 0 Å². The Morgan fingerprint density at radius 3 is 2.90 bits per heavy atom. The number of ether oxygens (including phenoxy) is 2. The summed E-state index contributed by atoms with van der Waals surface area (Å²) in [7, 11) is 0. The first-order valence-corrected chi connectivity index (χ1v) is 7.21. The minimum absolute atomic E-state index is 0.0650. The van der Waals surface area contributed by atoms with Crippen LogP contribution >= 0.6 is 0 Å². The van der Waals surface area contributed by atoms with Gasteiger partial charge in [0.2, 0.25) is 11.7 Å². The van der Waals surface area contributed by atoms with Gasteiger partial charge in [0, 0.05) is 39.2 Å². The smallest absolute Gasteiger partial charge is 0.243 e. The molecule has 0 radical (unpaired) electrons. The fourth-order valence-corrected chi connectivity index (χ4v) is 2.88. The van der Waals surface area contributed by atoms with E-state index in [4.69, 9.17) is 14.0 Å². The lowest BCUT2D eigenvalue weighted by Gasteiger charge is -2.33. The molecule has 1 unspecified atom stereocenters. The van der Waals surface area contributed by atoms with Crippen molar-refractivity contribution >= 4 is 0 Å². The van der Waals surface area contributed by atoms with Gasteiger partial charge in [-0.2, -0.15) is 4.98 Å². The second-order valence-electron chi connectivity index (χ2n) is 5.35. The third-order valence-corrected chi connectivity index (χ3v) is 3.98. The van der Waals surface area contributed by atoms with E-state index in [9.17, 15) is 5.11 Å². The molecule has 2 aliphatic rings. The van der Waals surface area contributed by atoms with Crippen molar-refractivity contribution in [2.45, 2.75) is 43.9 Å². The van der Waals surface area contributed by atoms with Gasteiger partial charge in [-0.25, -0.2) is 0 Å². The molecule has 7 nitrogen and oxygen atoms in total. The second-order valence-corrected chi connectivity index (χ2v) is 5.35. The number of aliphatic hydroxyl groups excluding tert-OH is 1. The molecule has 2 aliphatic heterocycles. The standard InChI is InChI=1S/C13H21N3O4/c1-2-19-13(3-5-18-6-4-13)12-15-11(20-16-12)10-7-9(17)8-14-10/h9-10,14,17H,2-8H2,1H3/t9?,10-/m0/s1. The summed E-state index contributed by atoms with van der Waals surface area (Å²) < 4.78 is 16.7. The maximum Gasteiger partial charge on any atom is 0.243 e. The third kappa shape index (κ3) is 2.58. The molecule has 0 amide bonds. The molecule has 2 atom stereocenters. The molecule has 112 valence electrons. The van der Waals surface area contributed by atoms with Gasteiger partial charge >= 0.3 is 0 Å². The molecule has 0 aliphatic carbocycles. The molecule has 0 spiro atoms. The van der Waals surface area contributed by atoms with Crippen LogP contribution in [-0.2, 0) is 15.1 Å². The molecule has 0 saturated carbocycles. The van der Waals surface area contributed by atoms with Gasteiger partial charge in [-0.15, -0.1) is 0 Å². The fourth-order valence-electron chi connectivity index (χ4n) is 2.88. The first kappa shape index (κ1) is 13.9. The number of nitrogens with zero attached hydrogens (tertiary/aromatic N) is 2. The maximum atomic E-state index is 9.56. The molecule has 2 fully saturated rings. The van der Waals surface area contributed by atoms with Crippen molar-refractivity contribution in [3.8, 4) is 0 Å². The van der Waals surface area contributed by atoms with E-state index in [-0.39, 0.29) is 12.1 Å². The highest BCUT2D eigenvalue weighted by Gasteiger charge is 2.41. The lowest BCUT2D eigenvalue weighted by molar-refractivity contribution is -0.118. The number of rotatable bonds is 4. The molecule has 7 heteroatoms. The van der Waals surface area contributed by atoms with E-state index in [0.717, 1.165) is 12.8 Å². The highest BCUT2D eigenvalue weighted by atomic mass is 16.5. The normalized spacial score (nSPS) is 29.7. The Bertz CT molecular complexity index is 439. The number of β-amino-alcohol motifs (C(OH)–C–C–N with tert-alkyl or cyclic N) is 1. The van der Waals surface area contributed by atoms with E-state index < -0.39 is 5.60 Å². The monoisotopic (exact) mass is 283 g/mol. The van der Waals surface area contributed by atoms with Crippen LogP contribution in [0.1, 0.15) is 43.9 Å². The zero-order chi connectivity index (χ0) is 14.0. The molecule has 20 heavy (non-hydrogen) atoms. The molecule has 0 aromatic carbocycles. The number of hydrogen-bond donors (Lipinski definition) is 2. The predicted molar refractivity (Wildman–Crippen MR) is 69.0 cm³/mol. The number of hydrogen-bond acceptors (Lipinski definition) is 7. The van der Waals surface area contributed by atoms with Crippen LogP contribution in [0.2, 0.25) is 0 Å². The van der Waals surface area contributed by atoms with E-state index in [1.807, 2.05) is 6.92 Å². The van der Waals surface area contributed by atoms with Crippen molar-refractivity contribution < 1.29 is 19.1 Å². The van der Waals surface area contributed by atoms with Crippen LogP contribution in [0.25, 0.3) is 0 Å². The van der Waals surface area contributed by atoms with Gasteiger partial charge in [-0.1, -0.05) is 5.16 Å². The van der Waals surface area contributed by atoms with Crippen LogP contribution in [-0.4, -0.2) is 47.7 Å². The zero-order valence-corrected chi connectivity index (χ0v) is 11.7. The Hall–Kier alpha value is -1.02. The van der Waals surface area contributed by atoms with E-state index in [1.165, 1.54) is 0 Å². The average molecular weight is 283 g/mol. The van der Waals surface area contributed by atoms with Crippen molar-refractivity contribution in [1.82, 2.24) is 15.5 Å². The first-order valence-electron chi connectivity index (χ1n) is 7.21. The Balaban J connectivity index is 1.79. The van der Waals surface area contributed by atoms with Crippen LogP contribution in [0.4, 0.5) is 0 Å². The SMILES string of the molecule is CCOC1(c2noc([C@@H]3CC(O)CN3)n2)CCOCC1. The van der Waals surface area contributed by atoms with Gasteiger partial charge in [0.15, 0.2) is 0 Å². The Morgan fingerprint density at radius 2 is 2.25 bits per heavy atom. The molecule has 1 aromatic rings. The van der Waals surface area contributed by atoms with Crippen molar-refractivity contribution in [2.75, 3.05) is 26.4 Å².